The Hall–Kier alpha value is -2.58. The molecule has 0 heterocycles. The van der Waals surface area contributed by atoms with Crippen molar-refractivity contribution in [2.45, 2.75) is 193 Å². The predicted octanol–water partition coefficient (Wildman–Crippen LogP) is 15.1. The second-order valence-corrected chi connectivity index (χ2v) is 19.2. The molecular weight excluding hydrogens is 818 g/mol. The van der Waals surface area contributed by atoms with Crippen LogP contribution >= 0.6 is 7.82 Å². The Balaban J connectivity index is 4.30. The lowest BCUT2D eigenvalue weighted by Crippen LogP contribution is -2.37. The van der Waals surface area contributed by atoms with E-state index in [1.54, 1.807) is 0 Å². The fraction of sp³-hybridized carbons (Fsp3) is 0.691. The lowest BCUT2D eigenvalue weighted by Gasteiger charge is -2.28. The number of esters is 1. The maximum Gasteiger partial charge on any atom is 0.306 e. The smallest absolute Gasteiger partial charge is 0.306 e. The molecule has 0 saturated heterocycles. The van der Waals surface area contributed by atoms with Crippen molar-refractivity contribution in [1.82, 2.24) is 0 Å². The van der Waals surface area contributed by atoms with E-state index in [1.165, 1.54) is 96.3 Å². The highest BCUT2D eigenvalue weighted by Crippen LogP contribution is 2.38. The molecule has 0 aliphatic rings. The summed E-state index contributed by atoms with van der Waals surface area (Å²) < 4.78 is 34.7. The summed E-state index contributed by atoms with van der Waals surface area (Å²) in [6.45, 7) is 5.20. The Morgan fingerprint density at radius 3 is 1.38 bits per heavy atom. The van der Waals surface area contributed by atoms with E-state index in [4.69, 9.17) is 18.5 Å². The molecule has 2 unspecified atom stereocenters. The highest BCUT2D eigenvalue weighted by Gasteiger charge is 2.20. The van der Waals surface area contributed by atoms with Crippen molar-refractivity contribution in [2.24, 2.45) is 0 Å². The van der Waals surface area contributed by atoms with Crippen LogP contribution in [0.4, 0.5) is 0 Å². The van der Waals surface area contributed by atoms with Crippen LogP contribution in [0.15, 0.2) is 97.2 Å². The summed E-state index contributed by atoms with van der Waals surface area (Å²) in [5.74, 6) is -0.395. The molecule has 0 aromatic rings. The van der Waals surface area contributed by atoms with Gasteiger partial charge in [0.2, 0.25) is 0 Å². The van der Waals surface area contributed by atoms with Crippen molar-refractivity contribution in [3.8, 4) is 0 Å². The number of nitrogens with zero attached hydrogens (tertiary/aromatic N) is 1. The zero-order valence-electron chi connectivity index (χ0n) is 41.7. The lowest BCUT2D eigenvalue weighted by molar-refractivity contribution is -0.870. The van der Waals surface area contributed by atoms with Crippen LogP contribution in [-0.2, 0) is 27.9 Å². The number of ether oxygens (including phenoxy) is 2. The van der Waals surface area contributed by atoms with Crippen LogP contribution in [0.5, 0.6) is 0 Å². The first-order valence-electron chi connectivity index (χ1n) is 25.5. The Kier molecular flexibility index (Phi) is 45.0. The van der Waals surface area contributed by atoms with Crippen molar-refractivity contribution in [1.29, 1.82) is 0 Å². The van der Waals surface area contributed by atoms with Crippen molar-refractivity contribution in [3.05, 3.63) is 97.2 Å². The highest BCUT2D eigenvalue weighted by atomic mass is 31.2. The summed E-state index contributed by atoms with van der Waals surface area (Å²) in [5, 5.41) is 0. The number of unbranched alkanes of at least 4 members (excludes halogenated alkanes) is 16. The second kappa shape index (κ2) is 46.9. The highest BCUT2D eigenvalue weighted by molar-refractivity contribution is 7.45. The van der Waals surface area contributed by atoms with Gasteiger partial charge in [-0.15, -0.1) is 0 Å². The Morgan fingerprint density at radius 2 is 0.906 bits per heavy atom. The molecule has 0 aliphatic heterocycles. The van der Waals surface area contributed by atoms with Crippen molar-refractivity contribution in [3.63, 3.8) is 0 Å². The number of phosphoric acid groups is 1. The molecule has 0 spiro atoms. The van der Waals surface area contributed by atoms with Crippen LogP contribution in [0.2, 0.25) is 0 Å². The minimum Gasteiger partial charge on any atom is -0.756 e. The average molecular weight is 914 g/mol. The zero-order valence-corrected chi connectivity index (χ0v) is 42.6. The molecule has 0 saturated carbocycles. The summed E-state index contributed by atoms with van der Waals surface area (Å²) in [6, 6.07) is 0. The van der Waals surface area contributed by atoms with Gasteiger partial charge in [-0.3, -0.25) is 9.36 Å². The molecule has 0 amide bonds. The molecule has 0 rings (SSSR count). The number of likely N-dealkylation sites (N-methyl/N-ethyl adjacent to an activating group) is 1. The fourth-order valence-electron chi connectivity index (χ4n) is 6.47. The average Bonchev–Trinajstić information content (AvgIpc) is 3.25. The van der Waals surface area contributed by atoms with E-state index in [9.17, 15) is 14.3 Å². The van der Waals surface area contributed by atoms with Crippen LogP contribution in [0.3, 0.4) is 0 Å². The zero-order chi connectivity index (χ0) is 46.9. The number of quaternary nitrogens is 1. The summed E-state index contributed by atoms with van der Waals surface area (Å²) in [4.78, 5) is 25.1. The molecule has 0 radical (unpaired) electrons. The first-order chi connectivity index (χ1) is 31.1. The number of hydrogen-bond acceptors (Lipinski definition) is 7. The molecule has 64 heavy (non-hydrogen) atoms. The molecule has 0 aliphatic carbocycles. The molecule has 0 N–H and O–H groups in total. The number of allylic oxidation sites excluding steroid dienone is 16. The molecule has 0 aromatic carbocycles. The SMILES string of the molecule is CC/C=C\C/C=C\C/C=C\C/C=C\C/C=C\C/C=C\C/C=C\CCCC(=O)OC(COCCCCCCCCCC/C=C\CCCCCCCCC)COP(=O)([O-])OCC[N+](C)(C)C. The third-order valence-corrected chi connectivity index (χ3v) is 11.3. The van der Waals surface area contributed by atoms with Gasteiger partial charge in [0.15, 0.2) is 0 Å². The predicted molar refractivity (Wildman–Crippen MR) is 272 cm³/mol. The Labute approximate surface area is 394 Å². The quantitative estimate of drug-likeness (QED) is 0.0197. The lowest BCUT2D eigenvalue weighted by atomic mass is 10.1. The van der Waals surface area contributed by atoms with Crippen LogP contribution in [0, 0.1) is 0 Å². The van der Waals surface area contributed by atoms with Crippen molar-refractivity contribution < 1.29 is 37.3 Å². The van der Waals surface area contributed by atoms with Crippen LogP contribution in [0.1, 0.15) is 187 Å². The maximum atomic E-state index is 12.7. The van der Waals surface area contributed by atoms with E-state index in [-0.39, 0.29) is 26.2 Å². The molecule has 0 bridgehead atoms. The van der Waals surface area contributed by atoms with E-state index in [0.717, 1.165) is 64.2 Å². The molecular formula is C55H96NO7P. The summed E-state index contributed by atoms with van der Waals surface area (Å²) >= 11 is 0. The number of carbonyl (C=O) groups is 1. The summed E-state index contributed by atoms with van der Waals surface area (Å²) in [7, 11) is 1.30. The van der Waals surface area contributed by atoms with Gasteiger partial charge < -0.3 is 27.9 Å². The van der Waals surface area contributed by atoms with Gasteiger partial charge in [-0.25, -0.2) is 0 Å². The van der Waals surface area contributed by atoms with Gasteiger partial charge >= 0.3 is 5.97 Å². The third-order valence-electron chi connectivity index (χ3n) is 10.4. The van der Waals surface area contributed by atoms with Crippen molar-refractivity contribution in [2.75, 3.05) is 54.1 Å². The van der Waals surface area contributed by atoms with E-state index < -0.39 is 19.9 Å². The first kappa shape index (κ1) is 61.4. The van der Waals surface area contributed by atoms with E-state index in [1.807, 2.05) is 21.1 Å². The molecule has 9 heteroatoms. The van der Waals surface area contributed by atoms with Gasteiger partial charge in [-0.1, -0.05) is 188 Å². The Morgan fingerprint density at radius 1 is 0.500 bits per heavy atom. The number of phosphoric ester groups is 1. The van der Waals surface area contributed by atoms with Gasteiger partial charge in [0.1, 0.15) is 19.3 Å². The van der Waals surface area contributed by atoms with Crippen LogP contribution < -0.4 is 4.89 Å². The third kappa shape index (κ3) is 50.4. The van der Waals surface area contributed by atoms with Gasteiger partial charge in [-0.05, 0) is 89.9 Å². The normalized spacial score (nSPS) is 14.4. The monoisotopic (exact) mass is 914 g/mol. The number of rotatable bonds is 46. The molecule has 0 aromatic heterocycles. The minimum absolute atomic E-state index is 0.00951. The maximum absolute atomic E-state index is 12.7. The summed E-state index contributed by atoms with van der Waals surface area (Å²) in [5.41, 5.74) is 0. The van der Waals surface area contributed by atoms with Gasteiger partial charge in [-0.2, -0.15) is 0 Å². The van der Waals surface area contributed by atoms with Crippen molar-refractivity contribution >= 4 is 13.8 Å². The molecule has 0 fully saturated rings. The fourth-order valence-corrected chi connectivity index (χ4v) is 7.20. The van der Waals surface area contributed by atoms with Gasteiger partial charge in [0, 0.05) is 13.0 Å². The first-order valence-corrected chi connectivity index (χ1v) is 26.9. The number of carbonyl (C=O) groups excluding carboxylic acids is 1. The number of hydrogen-bond donors (Lipinski definition) is 0. The molecule has 368 valence electrons. The van der Waals surface area contributed by atoms with Gasteiger partial charge in [0.05, 0.1) is 34.4 Å². The van der Waals surface area contributed by atoms with E-state index >= 15 is 0 Å². The standard InChI is InChI=1S/C55H96NO7P/c1-6-8-10-12-14-16-18-20-22-24-26-27-28-29-30-32-34-36-38-40-42-44-46-48-55(57)63-54(53-62-64(58,59)61-51-49-56(3,4)5)52-60-50-47-45-43-41-39-37-35-33-31-25-23-21-19-17-15-13-11-9-7-2/h8,10,14,16,20,22-23,25-27,29-30,34,36,40,42,54H,6-7,9,11-13,15,17-19,21,24,28,31-33,35,37-39,41,43-53H2,1-5H3/b10-8-,16-14-,22-20-,25-23-,27-26-,30-29-,36-34-,42-40-. The summed E-state index contributed by atoms with van der Waals surface area (Å²) in [6.07, 6.45) is 64.4. The van der Waals surface area contributed by atoms with Crippen LogP contribution in [-0.4, -0.2) is 70.7 Å². The van der Waals surface area contributed by atoms with E-state index in [2.05, 4.69) is 111 Å². The minimum atomic E-state index is -4.55. The largest absolute Gasteiger partial charge is 0.756 e. The van der Waals surface area contributed by atoms with E-state index in [0.29, 0.717) is 24.1 Å². The molecule has 2 atom stereocenters. The second-order valence-electron chi connectivity index (χ2n) is 17.8. The van der Waals surface area contributed by atoms with Crippen LogP contribution in [0.25, 0.3) is 0 Å². The topological polar surface area (TPSA) is 94.1 Å². The van der Waals surface area contributed by atoms with Gasteiger partial charge in [0.25, 0.3) is 7.82 Å². The molecule has 8 nitrogen and oxygen atoms in total. The Bertz CT molecular complexity index is 1340.